The number of halogens is 1. The molecule has 2 amide bonds. The number of carbonyl (C=O) groups excluding carboxylic acids is 2. The first kappa shape index (κ1) is 20.0. The lowest BCUT2D eigenvalue weighted by Gasteiger charge is -2.23. The Morgan fingerprint density at radius 2 is 1.55 bits per heavy atom. The third kappa shape index (κ3) is 3.21. The maximum atomic E-state index is 13.7. The Hall–Kier alpha value is -3.65. The van der Waals surface area contributed by atoms with Crippen molar-refractivity contribution in [1.82, 2.24) is 0 Å². The second-order valence-electron chi connectivity index (χ2n) is 7.93. The normalized spacial score (nSPS) is 21.3. The second kappa shape index (κ2) is 7.74. The molecule has 0 bridgehead atoms. The number of ether oxygens (including phenoxy) is 2. The van der Waals surface area contributed by atoms with Gasteiger partial charge in [-0.3, -0.25) is 14.6 Å². The van der Waals surface area contributed by atoms with Crippen molar-refractivity contribution < 1.29 is 19.1 Å². The van der Waals surface area contributed by atoms with Crippen molar-refractivity contribution in [1.29, 1.82) is 0 Å². The van der Waals surface area contributed by atoms with Crippen LogP contribution in [-0.2, 0) is 9.59 Å². The third-order valence-electron chi connectivity index (χ3n) is 5.99. The number of anilines is 2. The van der Waals surface area contributed by atoms with E-state index in [4.69, 9.17) is 14.6 Å². The number of fused-ring (bicyclic) bond motifs is 2. The fourth-order valence-electron chi connectivity index (χ4n) is 4.49. The largest absolute Gasteiger partial charge is 0.486 e. The monoisotopic (exact) mass is 503 g/mol. The van der Waals surface area contributed by atoms with E-state index in [2.05, 4.69) is 15.9 Å². The second-order valence-corrected chi connectivity index (χ2v) is 8.85. The Morgan fingerprint density at radius 3 is 2.30 bits per heavy atom. The molecule has 0 aliphatic carbocycles. The topological polar surface area (TPSA) is 71.4 Å². The van der Waals surface area contributed by atoms with Gasteiger partial charge < -0.3 is 9.47 Å². The van der Waals surface area contributed by atoms with Crippen molar-refractivity contribution in [2.45, 2.75) is 6.04 Å². The number of imide groups is 1. The highest BCUT2D eigenvalue weighted by molar-refractivity contribution is 9.10. The predicted molar refractivity (Wildman–Crippen MR) is 127 cm³/mol. The van der Waals surface area contributed by atoms with Gasteiger partial charge in [0.05, 0.1) is 17.1 Å². The fraction of sp³-hybridized carbons (Fsp3) is 0.160. The van der Waals surface area contributed by atoms with E-state index in [1.54, 1.807) is 23.2 Å². The number of nitrogens with zero attached hydrogens (tertiary/aromatic N) is 3. The number of amides is 2. The molecule has 3 aliphatic heterocycles. The van der Waals surface area contributed by atoms with Crippen molar-refractivity contribution in [3.8, 4) is 11.5 Å². The Morgan fingerprint density at radius 1 is 0.818 bits per heavy atom. The van der Waals surface area contributed by atoms with Gasteiger partial charge in [-0.1, -0.05) is 46.3 Å². The number of carbonyl (C=O) groups is 2. The van der Waals surface area contributed by atoms with Gasteiger partial charge in [0.2, 0.25) is 5.91 Å². The highest BCUT2D eigenvalue weighted by Gasteiger charge is 2.57. The number of hydrogen-bond acceptors (Lipinski definition) is 6. The van der Waals surface area contributed by atoms with Crippen LogP contribution in [0, 0.1) is 5.92 Å². The molecule has 7 nitrogen and oxygen atoms in total. The summed E-state index contributed by atoms with van der Waals surface area (Å²) in [6, 6.07) is 21.4. The molecule has 2 unspecified atom stereocenters. The van der Waals surface area contributed by atoms with E-state index in [-0.39, 0.29) is 11.8 Å². The lowest BCUT2D eigenvalue weighted by Crippen LogP contribution is -2.39. The van der Waals surface area contributed by atoms with Gasteiger partial charge in [-0.2, -0.15) is 5.10 Å². The van der Waals surface area contributed by atoms with Gasteiger partial charge in [0.25, 0.3) is 5.91 Å². The molecule has 2 atom stereocenters. The van der Waals surface area contributed by atoms with Crippen LogP contribution in [0.4, 0.5) is 11.4 Å². The standard InChI is InChI=1S/C25H18BrN3O4/c26-16-8-6-15(7-9-16)22-21-23(29(27-22)17-4-2-1-3-5-17)25(31)28(24(21)30)18-10-11-19-20(14-18)33-13-12-32-19/h1-11,14,21,23H,12-13H2. The van der Waals surface area contributed by atoms with E-state index in [9.17, 15) is 9.59 Å². The van der Waals surface area contributed by atoms with Gasteiger partial charge in [-0.25, -0.2) is 4.90 Å². The Labute approximate surface area is 198 Å². The van der Waals surface area contributed by atoms with Crippen LogP contribution in [0.1, 0.15) is 5.56 Å². The van der Waals surface area contributed by atoms with E-state index in [0.29, 0.717) is 36.1 Å². The highest BCUT2D eigenvalue weighted by Crippen LogP contribution is 2.41. The molecule has 0 spiro atoms. The highest BCUT2D eigenvalue weighted by atomic mass is 79.9. The maximum absolute atomic E-state index is 13.7. The lowest BCUT2D eigenvalue weighted by molar-refractivity contribution is -0.121. The molecule has 3 aromatic rings. The van der Waals surface area contributed by atoms with Crippen LogP contribution in [0.15, 0.2) is 82.4 Å². The summed E-state index contributed by atoms with van der Waals surface area (Å²) in [5.74, 6) is -0.208. The molecule has 1 saturated heterocycles. The quantitative estimate of drug-likeness (QED) is 0.505. The van der Waals surface area contributed by atoms with Crippen LogP contribution >= 0.6 is 15.9 Å². The number of hydrogen-bond donors (Lipinski definition) is 0. The summed E-state index contributed by atoms with van der Waals surface area (Å²) < 4.78 is 12.2. The molecule has 164 valence electrons. The van der Waals surface area contributed by atoms with E-state index in [0.717, 1.165) is 15.7 Å². The molecule has 3 aliphatic rings. The van der Waals surface area contributed by atoms with E-state index in [1.165, 1.54) is 4.90 Å². The van der Waals surface area contributed by atoms with E-state index < -0.39 is 12.0 Å². The summed E-state index contributed by atoms with van der Waals surface area (Å²) >= 11 is 3.45. The molecule has 8 heteroatoms. The molecule has 0 radical (unpaired) electrons. The zero-order valence-corrected chi connectivity index (χ0v) is 18.9. The van der Waals surface area contributed by atoms with Crippen LogP contribution in [0.5, 0.6) is 11.5 Å². The van der Waals surface area contributed by atoms with Crippen molar-refractivity contribution in [3.63, 3.8) is 0 Å². The first-order chi connectivity index (χ1) is 16.1. The molecular weight excluding hydrogens is 486 g/mol. The van der Waals surface area contributed by atoms with Crippen LogP contribution in [0.2, 0.25) is 0 Å². The lowest BCUT2D eigenvalue weighted by atomic mass is 9.93. The van der Waals surface area contributed by atoms with Crippen LogP contribution in [0.25, 0.3) is 0 Å². The number of rotatable bonds is 3. The zero-order chi connectivity index (χ0) is 22.5. The molecule has 0 saturated carbocycles. The minimum atomic E-state index is -0.758. The average Bonchev–Trinajstić information content (AvgIpc) is 3.36. The van der Waals surface area contributed by atoms with Gasteiger partial charge in [0.1, 0.15) is 25.2 Å². The minimum absolute atomic E-state index is 0.304. The summed E-state index contributed by atoms with van der Waals surface area (Å²) in [7, 11) is 0. The smallest absolute Gasteiger partial charge is 0.259 e. The van der Waals surface area contributed by atoms with Gasteiger partial charge in [0, 0.05) is 10.5 Å². The molecule has 33 heavy (non-hydrogen) atoms. The molecule has 3 heterocycles. The van der Waals surface area contributed by atoms with Crippen LogP contribution in [-0.4, -0.2) is 36.8 Å². The summed E-state index contributed by atoms with van der Waals surface area (Å²) in [5.41, 5.74) is 2.60. The number of benzene rings is 3. The molecule has 1 fully saturated rings. The van der Waals surface area contributed by atoms with Crippen LogP contribution in [0.3, 0.4) is 0 Å². The van der Waals surface area contributed by atoms with Gasteiger partial charge in [0.15, 0.2) is 11.5 Å². The summed E-state index contributed by atoms with van der Waals surface area (Å²) in [5, 5.41) is 6.43. The third-order valence-corrected chi connectivity index (χ3v) is 6.52. The zero-order valence-electron chi connectivity index (χ0n) is 17.3. The van der Waals surface area contributed by atoms with E-state index in [1.807, 2.05) is 54.6 Å². The molecule has 0 N–H and O–H groups in total. The van der Waals surface area contributed by atoms with Crippen molar-refractivity contribution in [2.75, 3.05) is 23.1 Å². The Kier molecular flexibility index (Phi) is 4.69. The van der Waals surface area contributed by atoms with Crippen LogP contribution < -0.4 is 19.4 Å². The Bertz CT molecular complexity index is 1290. The molecule has 3 aromatic carbocycles. The summed E-state index contributed by atoms with van der Waals surface area (Å²) in [4.78, 5) is 28.6. The number of hydrazone groups is 1. The average molecular weight is 504 g/mol. The molecule has 0 aromatic heterocycles. The predicted octanol–water partition coefficient (Wildman–Crippen LogP) is 4.00. The van der Waals surface area contributed by atoms with Gasteiger partial charge in [-0.15, -0.1) is 0 Å². The first-order valence-electron chi connectivity index (χ1n) is 10.6. The maximum Gasteiger partial charge on any atom is 0.259 e. The first-order valence-corrected chi connectivity index (χ1v) is 11.4. The van der Waals surface area contributed by atoms with Crippen molar-refractivity contribution >= 4 is 44.8 Å². The summed E-state index contributed by atoms with van der Waals surface area (Å²) in [6.07, 6.45) is 0. The van der Waals surface area contributed by atoms with Crippen molar-refractivity contribution in [2.24, 2.45) is 11.0 Å². The van der Waals surface area contributed by atoms with Gasteiger partial charge in [-0.05, 0) is 42.0 Å². The Balaban J connectivity index is 1.44. The summed E-state index contributed by atoms with van der Waals surface area (Å²) in [6.45, 7) is 0.892. The minimum Gasteiger partial charge on any atom is -0.486 e. The van der Waals surface area contributed by atoms with Gasteiger partial charge >= 0.3 is 0 Å². The SMILES string of the molecule is O=C1C2C(c3ccc(Br)cc3)=NN(c3ccccc3)C2C(=O)N1c1ccc2c(c1)OCCO2. The fourth-order valence-corrected chi connectivity index (χ4v) is 4.76. The molecule has 6 rings (SSSR count). The van der Waals surface area contributed by atoms with Crippen molar-refractivity contribution in [3.05, 3.63) is 82.8 Å². The molecular formula is C25H18BrN3O4. The van der Waals surface area contributed by atoms with E-state index >= 15 is 0 Å². The number of para-hydroxylation sites is 1.